The van der Waals surface area contributed by atoms with Crippen LogP contribution in [0.3, 0.4) is 0 Å². The van der Waals surface area contributed by atoms with Crippen molar-refractivity contribution in [1.82, 2.24) is 9.88 Å². The van der Waals surface area contributed by atoms with Crippen LogP contribution in [0.25, 0.3) is 0 Å². The van der Waals surface area contributed by atoms with E-state index in [1.165, 1.54) is 0 Å². The molecule has 1 aromatic heterocycles. The first kappa shape index (κ1) is 19.3. The first-order valence-electron chi connectivity index (χ1n) is 9.96. The second-order valence-electron chi connectivity index (χ2n) is 7.11. The lowest BCUT2D eigenvalue weighted by Gasteiger charge is -2.36. The van der Waals surface area contributed by atoms with Crippen molar-refractivity contribution < 1.29 is 14.3 Å². The van der Waals surface area contributed by atoms with Gasteiger partial charge in [-0.05, 0) is 36.4 Å². The number of pyridine rings is 1. The summed E-state index contributed by atoms with van der Waals surface area (Å²) >= 11 is 0. The van der Waals surface area contributed by atoms with Gasteiger partial charge in [0.05, 0.1) is 32.2 Å². The maximum absolute atomic E-state index is 12.6. The normalized spacial score (nSPS) is 17.2. The van der Waals surface area contributed by atoms with Crippen LogP contribution >= 0.6 is 0 Å². The maximum Gasteiger partial charge on any atom is 0.322 e. The first-order chi connectivity index (χ1) is 14.2. The number of carbonyl (C=O) groups is 1. The third kappa shape index (κ3) is 4.71. The lowest BCUT2D eigenvalue weighted by atomic mass is 10.2. The van der Waals surface area contributed by atoms with Gasteiger partial charge in [-0.1, -0.05) is 0 Å². The van der Waals surface area contributed by atoms with Gasteiger partial charge in [0, 0.05) is 45.0 Å². The Labute approximate surface area is 171 Å². The molecule has 0 saturated carbocycles. The van der Waals surface area contributed by atoms with Gasteiger partial charge in [-0.25, -0.2) is 9.78 Å². The van der Waals surface area contributed by atoms with E-state index in [0.29, 0.717) is 18.8 Å². The molecule has 0 spiro atoms. The molecule has 29 heavy (non-hydrogen) atoms. The number of benzene rings is 1. The molecule has 0 aliphatic carbocycles. The summed E-state index contributed by atoms with van der Waals surface area (Å²) in [6.07, 6.45) is 1.72. The van der Waals surface area contributed by atoms with Crippen molar-refractivity contribution in [2.24, 2.45) is 0 Å². The number of hydrogen-bond acceptors (Lipinski definition) is 6. The fraction of sp³-hybridized carbons (Fsp3) is 0.429. The highest BCUT2D eigenvalue weighted by atomic mass is 16.5. The summed E-state index contributed by atoms with van der Waals surface area (Å²) in [4.78, 5) is 23.4. The minimum absolute atomic E-state index is 0.0831. The van der Waals surface area contributed by atoms with Crippen LogP contribution < -0.4 is 19.9 Å². The second kappa shape index (κ2) is 9.00. The van der Waals surface area contributed by atoms with E-state index in [9.17, 15) is 4.79 Å². The van der Waals surface area contributed by atoms with Crippen LogP contribution in [0.5, 0.6) is 5.75 Å². The van der Waals surface area contributed by atoms with Crippen molar-refractivity contribution in [2.75, 3.05) is 74.7 Å². The summed E-state index contributed by atoms with van der Waals surface area (Å²) in [5, 5.41) is 2.96. The summed E-state index contributed by atoms with van der Waals surface area (Å²) in [7, 11) is 1.66. The van der Waals surface area contributed by atoms with Gasteiger partial charge in [0.2, 0.25) is 0 Å². The summed E-state index contributed by atoms with van der Waals surface area (Å²) in [6, 6.07) is 11.8. The molecule has 2 aliphatic heterocycles. The minimum Gasteiger partial charge on any atom is -0.497 e. The van der Waals surface area contributed by atoms with Crippen molar-refractivity contribution in [3.05, 3.63) is 42.6 Å². The molecule has 8 heteroatoms. The summed E-state index contributed by atoms with van der Waals surface area (Å²) < 4.78 is 10.6. The molecule has 0 radical (unpaired) electrons. The van der Waals surface area contributed by atoms with Crippen molar-refractivity contribution in [2.45, 2.75) is 0 Å². The Balaban J connectivity index is 1.28. The molecule has 1 N–H and O–H groups in total. The van der Waals surface area contributed by atoms with E-state index >= 15 is 0 Å². The number of morpholine rings is 1. The van der Waals surface area contributed by atoms with Crippen molar-refractivity contribution >= 4 is 23.2 Å². The Morgan fingerprint density at radius 3 is 2.31 bits per heavy atom. The molecule has 154 valence electrons. The first-order valence-corrected chi connectivity index (χ1v) is 9.96. The Bertz CT molecular complexity index is 798. The molecule has 8 nitrogen and oxygen atoms in total. The number of aromatic nitrogens is 1. The minimum atomic E-state index is -0.0831. The smallest absolute Gasteiger partial charge is 0.322 e. The van der Waals surface area contributed by atoms with Crippen LogP contribution in [0.2, 0.25) is 0 Å². The number of piperazine rings is 1. The van der Waals surface area contributed by atoms with Gasteiger partial charge < -0.3 is 29.5 Å². The number of hydrogen-bond donors (Lipinski definition) is 1. The Morgan fingerprint density at radius 2 is 1.69 bits per heavy atom. The van der Waals surface area contributed by atoms with Gasteiger partial charge in [0.1, 0.15) is 11.6 Å². The average Bonchev–Trinajstić information content (AvgIpc) is 2.80. The fourth-order valence-electron chi connectivity index (χ4n) is 3.60. The number of urea groups is 1. The van der Waals surface area contributed by atoms with E-state index in [1.807, 2.05) is 29.2 Å². The second-order valence-corrected chi connectivity index (χ2v) is 7.11. The van der Waals surface area contributed by atoms with E-state index in [-0.39, 0.29) is 6.03 Å². The van der Waals surface area contributed by atoms with E-state index in [4.69, 9.17) is 9.47 Å². The maximum atomic E-state index is 12.6. The topological polar surface area (TPSA) is 70.2 Å². The fourth-order valence-corrected chi connectivity index (χ4v) is 3.60. The number of nitrogens with one attached hydrogen (secondary N) is 1. The predicted octanol–water partition coefficient (Wildman–Crippen LogP) is 2.28. The van der Waals surface area contributed by atoms with E-state index in [2.05, 4.69) is 32.2 Å². The summed E-state index contributed by atoms with van der Waals surface area (Å²) in [5.41, 5.74) is 1.86. The molecule has 2 aliphatic rings. The molecule has 0 bridgehead atoms. The summed E-state index contributed by atoms with van der Waals surface area (Å²) in [6.45, 7) is 6.09. The number of methoxy groups -OCH3 is 1. The van der Waals surface area contributed by atoms with Crippen LogP contribution in [0.1, 0.15) is 0 Å². The van der Waals surface area contributed by atoms with Crippen LogP contribution in [-0.4, -0.2) is 75.5 Å². The highest BCUT2D eigenvalue weighted by Crippen LogP contribution is 2.21. The monoisotopic (exact) mass is 397 g/mol. The Hall–Kier alpha value is -3.00. The number of amides is 2. The van der Waals surface area contributed by atoms with Gasteiger partial charge in [-0.15, -0.1) is 0 Å². The molecule has 0 unspecified atom stereocenters. The third-order valence-electron chi connectivity index (χ3n) is 5.34. The zero-order valence-corrected chi connectivity index (χ0v) is 16.7. The number of nitrogens with zero attached hydrogens (tertiary/aromatic N) is 4. The number of ether oxygens (including phenoxy) is 2. The molecule has 2 amide bonds. The number of carbonyl (C=O) groups excluding carboxylic acids is 1. The van der Waals surface area contributed by atoms with Gasteiger partial charge in [-0.3, -0.25) is 0 Å². The van der Waals surface area contributed by atoms with Crippen molar-refractivity contribution in [3.8, 4) is 5.75 Å². The molecule has 0 atom stereocenters. The predicted molar refractivity (Wildman–Crippen MR) is 113 cm³/mol. The van der Waals surface area contributed by atoms with Crippen LogP contribution in [0.4, 0.5) is 22.0 Å². The molecule has 4 rings (SSSR count). The Kier molecular flexibility index (Phi) is 6.00. The van der Waals surface area contributed by atoms with Crippen molar-refractivity contribution in [3.63, 3.8) is 0 Å². The molecule has 2 fully saturated rings. The van der Waals surface area contributed by atoms with Crippen LogP contribution in [-0.2, 0) is 4.74 Å². The molecular weight excluding hydrogens is 370 g/mol. The zero-order chi connectivity index (χ0) is 20.1. The quantitative estimate of drug-likeness (QED) is 0.854. The highest BCUT2D eigenvalue weighted by Gasteiger charge is 2.21. The largest absolute Gasteiger partial charge is 0.497 e. The zero-order valence-electron chi connectivity index (χ0n) is 16.7. The lowest BCUT2D eigenvalue weighted by Crippen LogP contribution is -2.50. The van der Waals surface area contributed by atoms with Gasteiger partial charge in [-0.2, -0.15) is 0 Å². The van der Waals surface area contributed by atoms with Crippen molar-refractivity contribution in [1.29, 1.82) is 0 Å². The SMILES string of the molecule is COc1ccc(N2CCN(C(=O)Nc3ccc(N4CCOCC4)nc3)CC2)cc1. The van der Waals surface area contributed by atoms with E-state index in [1.54, 1.807) is 13.3 Å². The molecule has 2 saturated heterocycles. The Morgan fingerprint density at radius 1 is 0.966 bits per heavy atom. The summed E-state index contributed by atoms with van der Waals surface area (Å²) in [5.74, 6) is 1.76. The standard InChI is InChI=1S/C21H27N5O3/c1-28-19-5-3-18(4-6-19)24-8-10-26(11-9-24)21(27)23-17-2-7-20(22-16-17)25-12-14-29-15-13-25/h2-7,16H,8-15H2,1H3,(H,23,27). The molecule has 2 aromatic rings. The number of anilines is 3. The molecule has 1 aromatic carbocycles. The van der Waals surface area contributed by atoms with Crippen LogP contribution in [0.15, 0.2) is 42.6 Å². The lowest BCUT2D eigenvalue weighted by molar-refractivity contribution is 0.122. The average molecular weight is 397 g/mol. The number of rotatable bonds is 4. The van der Waals surface area contributed by atoms with Gasteiger partial charge >= 0.3 is 6.03 Å². The molecular formula is C21H27N5O3. The van der Waals surface area contributed by atoms with E-state index in [0.717, 1.165) is 56.6 Å². The third-order valence-corrected chi connectivity index (χ3v) is 5.34. The van der Waals surface area contributed by atoms with Gasteiger partial charge in [0.15, 0.2) is 0 Å². The van der Waals surface area contributed by atoms with Crippen LogP contribution in [0, 0.1) is 0 Å². The molecule has 3 heterocycles. The highest BCUT2D eigenvalue weighted by molar-refractivity contribution is 5.89. The van der Waals surface area contributed by atoms with E-state index < -0.39 is 0 Å². The van der Waals surface area contributed by atoms with Gasteiger partial charge in [0.25, 0.3) is 0 Å².